The van der Waals surface area contributed by atoms with E-state index in [9.17, 15) is 27.1 Å². The molecular weight excluding hydrogens is 387 g/mol. The van der Waals surface area contributed by atoms with E-state index in [4.69, 9.17) is 0 Å². The van der Waals surface area contributed by atoms with Gasteiger partial charge in [0.2, 0.25) is 0 Å². The first-order valence-corrected chi connectivity index (χ1v) is 9.22. The summed E-state index contributed by atoms with van der Waals surface area (Å²) < 4.78 is 65.6. The number of hydrogen-bond acceptors (Lipinski definition) is 1. The van der Waals surface area contributed by atoms with Crippen molar-refractivity contribution in [2.24, 2.45) is 0 Å². The molecule has 150 valence electrons. The molecule has 0 bridgehead atoms. The highest BCUT2D eigenvalue weighted by Crippen LogP contribution is 2.34. The Hall–Kier alpha value is -2.89. The number of rotatable bonds is 3. The highest BCUT2D eigenvalue weighted by atomic mass is 19.4. The van der Waals surface area contributed by atoms with Crippen molar-refractivity contribution >= 4 is 22.6 Å². The molecule has 0 unspecified atom stereocenters. The number of benzene rings is 3. The van der Waals surface area contributed by atoms with E-state index in [1.807, 2.05) is 30.3 Å². The van der Waals surface area contributed by atoms with Gasteiger partial charge in [0.1, 0.15) is 23.0 Å². The molecule has 3 aromatic carbocycles. The van der Waals surface area contributed by atoms with Crippen LogP contribution in [0.2, 0.25) is 0 Å². The lowest BCUT2D eigenvalue weighted by Crippen LogP contribution is -2.29. The Kier molecular flexibility index (Phi) is 4.81. The summed E-state index contributed by atoms with van der Waals surface area (Å²) in [7, 11) is 0. The molecule has 0 amide bonds. The lowest BCUT2D eigenvalue weighted by Gasteiger charge is -2.11. The van der Waals surface area contributed by atoms with E-state index in [-0.39, 0.29) is 12.0 Å². The fraction of sp³-hybridized carbons (Fsp3) is 0.217. The van der Waals surface area contributed by atoms with Crippen LogP contribution in [0.5, 0.6) is 0 Å². The zero-order valence-corrected chi connectivity index (χ0v) is 15.3. The van der Waals surface area contributed by atoms with Crippen LogP contribution in [-0.4, -0.2) is 5.11 Å². The van der Waals surface area contributed by atoms with Gasteiger partial charge in [-0.2, -0.15) is 13.2 Å². The van der Waals surface area contributed by atoms with E-state index >= 15 is 0 Å². The van der Waals surface area contributed by atoms with Gasteiger partial charge in [-0.3, -0.25) is 0 Å². The summed E-state index contributed by atoms with van der Waals surface area (Å²) >= 11 is 0. The fourth-order valence-corrected chi connectivity index (χ4v) is 3.77. The van der Waals surface area contributed by atoms with Gasteiger partial charge in [0.25, 0.3) is 0 Å². The maximum absolute atomic E-state index is 13.7. The Morgan fingerprint density at radius 2 is 1.52 bits per heavy atom. The molecular formula is C23H17F5O. The second kappa shape index (κ2) is 7.17. The van der Waals surface area contributed by atoms with E-state index in [2.05, 4.69) is 6.08 Å². The van der Waals surface area contributed by atoms with Gasteiger partial charge >= 0.3 is 6.18 Å². The van der Waals surface area contributed by atoms with Crippen LogP contribution in [0.15, 0.2) is 42.5 Å². The molecule has 6 heteroatoms. The predicted molar refractivity (Wildman–Crippen MR) is 102 cm³/mol. The van der Waals surface area contributed by atoms with Gasteiger partial charge in [-0.15, -0.1) is 0 Å². The van der Waals surface area contributed by atoms with Crippen LogP contribution in [0.4, 0.5) is 22.0 Å². The number of aryl methyl sites for hydroxylation is 2. The zero-order chi connectivity index (χ0) is 20.8. The predicted octanol–water partition coefficient (Wildman–Crippen LogP) is 5.16. The van der Waals surface area contributed by atoms with Crippen molar-refractivity contribution in [1.82, 2.24) is 0 Å². The molecule has 1 aliphatic rings. The first-order valence-electron chi connectivity index (χ1n) is 9.22. The van der Waals surface area contributed by atoms with E-state index in [0.29, 0.717) is 18.6 Å². The minimum atomic E-state index is -5.07. The van der Waals surface area contributed by atoms with Gasteiger partial charge in [0, 0.05) is 11.6 Å². The number of aliphatic hydroxyl groups is 1. The average Bonchev–Trinajstić information content (AvgIpc) is 2.63. The molecule has 1 nitrogen and oxygen atoms in total. The molecule has 1 N–H and O–H groups in total. The average molecular weight is 404 g/mol. The van der Waals surface area contributed by atoms with Crippen LogP contribution in [0.3, 0.4) is 0 Å². The Labute approximate surface area is 163 Å². The molecule has 1 aliphatic carbocycles. The molecule has 3 aromatic rings. The minimum Gasteiger partial charge on any atom is -0.512 e. The molecule has 0 heterocycles. The monoisotopic (exact) mass is 404 g/mol. The van der Waals surface area contributed by atoms with Gasteiger partial charge in [0.15, 0.2) is 0 Å². The van der Waals surface area contributed by atoms with Crippen LogP contribution in [0.25, 0.3) is 22.6 Å². The summed E-state index contributed by atoms with van der Waals surface area (Å²) in [5, 5.41) is 13.8. The molecule has 4 rings (SSSR count). The van der Waals surface area contributed by atoms with Crippen molar-refractivity contribution in [2.45, 2.75) is 31.9 Å². The Balaban J connectivity index is 1.62. The van der Waals surface area contributed by atoms with Crippen molar-refractivity contribution < 1.29 is 27.1 Å². The Morgan fingerprint density at radius 1 is 0.828 bits per heavy atom. The van der Waals surface area contributed by atoms with Crippen molar-refractivity contribution in [2.75, 3.05) is 0 Å². The third-order valence-electron chi connectivity index (χ3n) is 5.22. The normalized spacial score (nSPS) is 14.0. The van der Waals surface area contributed by atoms with Crippen LogP contribution >= 0.6 is 0 Å². The first kappa shape index (κ1) is 19.4. The Bertz CT molecular complexity index is 1200. The number of fused-ring (bicyclic) bond motifs is 2. The maximum Gasteiger partial charge on any atom is 0.422 e. The standard InChI is InChI=1S/C23H17F5O/c24-19-9-14(10-20(25)22(19)23(26,27)28)5-4-13-6-7-15-11-16-2-1-3-21(29)18(16)12-17(15)8-13/h2,6-12,29H,1,3-5H2. The summed E-state index contributed by atoms with van der Waals surface area (Å²) in [6.45, 7) is 0. The number of alkyl halides is 3. The zero-order valence-electron chi connectivity index (χ0n) is 15.3. The van der Waals surface area contributed by atoms with Crippen LogP contribution in [0, 0.1) is 11.6 Å². The summed E-state index contributed by atoms with van der Waals surface area (Å²) in [6, 6.07) is 11.1. The van der Waals surface area contributed by atoms with Crippen LogP contribution in [0.1, 0.15) is 29.5 Å². The third kappa shape index (κ3) is 3.84. The van der Waals surface area contributed by atoms with Gasteiger partial charge in [0.05, 0.1) is 0 Å². The Morgan fingerprint density at radius 3 is 2.21 bits per heavy atom. The summed E-state index contributed by atoms with van der Waals surface area (Å²) in [4.78, 5) is 0. The molecule has 0 atom stereocenters. The minimum absolute atomic E-state index is 0.166. The topological polar surface area (TPSA) is 20.2 Å². The van der Waals surface area contributed by atoms with Crippen molar-refractivity contribution in [3.63, 3.8) is 0 Å². The highest BCUT2D eigenvalue weighted by molar-refractivity contribution is 5.84. The van der Waals surface area contributed by atoms with E-state index < -0.39 is 23.4 Å². The number of halogens is 5. The van der Waals surface area contributed by atoms with Crippen molar-refractivity contribution in [3.05, 3.63) is 81.2 Å². The molecule has 29 heavy (non-hydrogen) atoms. The fourth-order valence-electron chi connectivity index (χ4n) is 3.77. The SMILES string of the molecule is OC1=c2cc3cc(CCc4cc(F)c(C(F)(F)F)c(F)c4)ccc3cc2=CCC1. The lowest BCUT2D eigenvalue weighted by atomic mass is 9.97. The second-order valence-corrected chi connectivity index (χ2v) is 7.24. The molecule has 0 aromatic heterocycles. The van der Waals surface area contributed by atoms with E-state index in [0.717, 1.165) is 45.3 Å². The van der Waals surface area contributed by atoms with Gasteiger partial charge < -0.3 is 5.11 Å². The molecule has 0 saturated carbocycles. The van der Waals surface area contributed by atoms with Crippen LogP contribution < -0.4 is 10.4 Å². The van der Waals surface area contributed by atoms with Gasteiger partial charge in [-0.05, 0) is 70.6 Å². The molecule has 0 aliphatic heterocycles. The van der Waals surface area contributed by atoms with Crippen molar-refractivity contribution in [1.29, 1.82) is 0 Å². The summed E-state index contributed by atoms with van der Waals surface area (Å²) in [6.07, 6.45) is -0.973. The quantitative estimate of drug-likeness (QED) is 0.598. The van der Waals surface area contributed by atoms with Crippen molar-refractivity contribution in [3.8, 4) is 0 Å². The van der Waals surface area contributed by atoms with E-state index in [1.165, 1.54) is 0 Å². The van der Waals surface area contributed by atoms with Gasteiger partial charge in [-0.1, -0.05) is 24.3 Å². The molecule has 0 radical (unpaired) electrons. The lowest BCUT2D eigenvalue weighted by molar-refractivity contribution is -0.142. The molecule has 0 fully saturated rings. The number of aliphatic hydroxyl groups excluding tert-OH is 1. The summed E-state index contributed by atoms with van der Waals surface area (Å²) in [5.74, 6) is -2.84. The molecule has 0 saturated heterocycles. The summed E-state index contributed by atoms with van der Waals surface area (Å²) in [5.41, 5.74) is -0.804. The number of hydrogen-bond donors (Lipinski definition) is 1. The van der Waals surface area contributed by atoms with Gasteiger partial charge in [-0.25, -0.2) is 8.78 Å². The maximum atomic E-state index is 13.7. The second-order valence-electron chi connectivity index (χ2n) is 7.24. The van der Waals surface area contributed by atoms with Crippen LogP contribution in [-0.2, 0) is 19.0 Å². The first-order chi connectivity index (χ1) is 13.7. The smallest absolute Gasteiger partial charge is 0.422 e. The molecule has 0 spiro atoms. The van der Waals surface area contributed by atoms with E-state index in [1.54, 1.807) is 0 Å². The largest absolute Gasteiger partial charge is 0.512 e. The highest BCUT2D eigenvalue weighted by Gasteiger charge is 2.37. The third-order valence-corrected chi connectivity index (χ3v) is 5.22.